The number of aromatic nitrogens is 3. The average molecular weight is 343 g/mol. The third-order valence-corrected chi connectivity index (χ3v) is 5.84. The van der Waals surface area contributed by atoms with Gasteiger partial charge in [0.25, 0.3) is 0 Å². The van der Waals surface area contributed by atoms with Gasteiger partial charge in [0.2, 0.25) is 0 Å². The number of carbonyl (C=O) groups excluding carboxylic acids is 1. The SMILES string of the molecule is CCn1c(SC(C)C(=O)c2cc(C)c(C)cc2C)nnc1C1CC1. The van der Waals surface area contributed by atoms with Crippen molar-refractivity contribution >= 4 is 17.5 Å². The van der Waals surface area contributed by atoms with Crippen molar-refractivity contribution in [3.05, 3.63) is 40.2 Å². The van der Waals surface area contributed by atoms with E-state index in [1.807, 2.05) is 19.9 Å². The molecule has 0 spiro atoms. The number of ketones is 1. The third-order valence-electron chi connectivity index (χ3n) is 4.76. The van der Waals surface area contributed by atoms with Crippen LogP contribution in [0.5, 0.6) is 0 Å². The molecular formula is C19H25N3OS. The van der Waals surface area contributed by atoms with E-state index in [9.17, 15) is 4.79 Å². The highest BCUT2D eigenvalue weighted by Gasteiger charge is 2.31. The molecule has 1 aromatic carbocycles. The van der Waals surface area contributed by atoms with Crippen LogP contribution in [0.25, 0.3) is 0 Å². The summed E-state index contributed by atoms with van der Waals surface area (Å²) >= 11 is 1.52. The molecule has 24 heavy (non-hydrogen) atoms. The molecule has 1 heterocycles. The van der Waals surface area contributed by atoms with Crippen molar-refractivity contribution in [1.29, 1.82) is 0 Å². The maximum atomic E-state index is 12.9. The van der Waals surface area contributed by atoms with Crippen molar-refractivity contribution in [2.45, 2.75) is 70.3 Å². The monoisotopic (exact) mass is 343 g/mol. The second-order valence-corrected chi connectivity index (χ2v) is 8.04. The van der Waals surface area contributed by atoms with Gasteiger partial charge in [0.1, 0.15) is 5.82 Å². The summed E-state index contributed by atoms with van der Waals surface area (Å²) in [5.74, 6) is 1.82. The van der Waals surface area contributed by atoms with Gasteiger partial charge in [0, 0.05) is 18.0 Å². The van der Waals surface area contributed by atoms with Gasteiger partial charge in [-0.3, -0.25) is 4.79 Å². The molecule has 1 aromatic heterocycles. The molecule has 0 amide bonds. The Bertz CT molecular complexity index is 777. The lowest BCUT2D eigenvalue weighted by Crippen LogP contribution is -2.16. The highest BCUT2D eigenvalue weighted by atomic mass is 32.2. The van der Waals surface area contributed by atoms with Crippen molar-refractivity contribution in [2.75, 3.05) is 0 Å². The second-order valence-electron chi connectivity index (χ2n) is 6.74. The summed E-state index contributed by atoms with van der Waals surface area (Å²) in [4.78, 5) is 12.9. The fourth-order valence-electron chi connectivity index (χ4n) is 2.98. The van der Waals surface area contributed by atoms with Crippen LogP contribution in [0.2, 0.25) is 0 Å². The topological polar surface area (TPSA) is 47.8 Å². The number of carbonyl (C=O) groups is 1. The number of rotatable bonds is 6. The fraction of sp³-hybridized carbons (Fsp3) is 0.526. The maximum absolute atomic E-state index is 12.9. The van der Waals surface area contributed by atoms with E-state index in [0.29, 0.717) is 5.92 Å². The van der Waals surface area contributed by atoms with E-state index in [1.165, 1.54) is 30.2 Å². The van der Waals surface area contributed by atoms with Crippen molar-refractivity contribution in [3.8, 4) is 0 Å². The summed E-state index contributed by atoms with van der Waals surface area (Å²) in [6, 6.07) is 4.12. The van der Waals surface area contributed by atoms with Crippen LogP contribution >= 0.6 is 11.8 Å². The molecule has 2 aromatic rings. The standard InChI is InChI=1S/C19H25N3OS/c1-6-22-18(15-7-8-15)20-21-19(22)24-14(5)17(23)16-10-12(3)11(2)9-13(16)4/h9-10,14-15H,6-8H2,1-5H3. The largest absolute Gasteiger partial charge is 0.306 e. The molecule has 5 heteroatoms. The van der Waals surface area contributed by atoms with E-state index in [1.54, 1.807) is 0 Å². The Labute approximate surface area is 148 Å². The van der Waals surface area contributed by atoms with Gasteiger partial charge in [-0.2, -0.15) is 0 Å². The molecule has 4 nitrogen and oxygen atoms in total. The normalized spacial score (nSPS) is 15.5. The third kappa shape index (κ3) is 3.27. The number of Topliss-reactive ketones (excluding diaryl/α,β-unsaturated/α-hetero) is 1. The van der Waals surface area contributed by atoms with Crippen molar-refractivity contribution in [1.82, 2.24) is 14.8 Å². The van der Waals surface area contributed by atoms with E-state index in [4.69, 9.17) is 0 Å². The van der Waals surface area contributed by atoms with Gasteiger partial charge >= 0.3 is 0 Å². The number of thioether (sulfide) groups is 1. The van der Waals surface area contributed by atoms with Crippen LogP contribution in [0.15, 0.2) is 17.3 Å². The first kappa shape index (κ1) is 17.2. The molecule has 0 saturated heterocycles. The minimum Gasteiger partial charge on any atom is -0.306 e. The first-order chi connectivity index (χ1) is 11.4. The number of benzene rings is 1. The Kier molecular flexibility index (Phi) is 4.81. The Morgan fingerprint density at radius 1 is 1.21 bits per heavy atom. The van der Waals surface area contributed by atoms with E-state index < -0.39 is 0 Å². The molecule has 128 valence electrons. The van der Waals surface area contributed by atoms with Crippen LogP contribution in [0, 0.1) is 20.8 Å². The number of hydrogen-bond donors (Lipinski definition) is 0. The molecule has 1 saturated carbocycles. The van der Waals surface area contributed by atoms with Gasteiger partial charge < -0.3 is 4.57 Å². The first-order valence-electron chi connectivity index (χ1n) is 8.64. The fourth-order valence-corrected chi connectivity index (χ4v) is 3.97. The Morgan fingerprint density at radius 2 is 1.88 bits per heavy atom. The molecular weight excluding hydrogens is 318 g/mol. The Balaban J connectivity index is 1.81. The summed E-state index contributed by atoms with van der Waals surface area (Å²) in [6.45, 7) is 11.1. The van der Waals surface area contributed by atoms with Gasteiger partial charge in [-0.25, -0.2) is 0 Å². The predicted octanol–water partition coefficient (Wildman–Crippen LogP) is 4.46. The van der Waals surface area contributed by atoms with E-state index in [2.05, 4.69) is 41.6 Å². The van der Waals surface area contributed by atoms with Gasteiger partial charge in [0.05, 0.1) is 5.25 Å². The van der Waals surface area contributed by atoms with Crippen LogP contribution < -0.4 is 0 Å². The van der Waals surface area contributed by atoms with Crippen LogP contribution in [-0.4, -0.2) is 25.8 Å². The lowest BCUT2D eigenvalue weighted by Gasteiger charge is -2.14. The summed E-state index contributed by atoms with van der Waals surface area (Å²) in [6.07, 6.45) is 2.41. The second kappa shape index (κ2) is 6.71. The number of aryl methyl sites for hydroxylation is 3. The molecule has 1 aliphatic rings. The van der Waals surface area contributed by atoms with Crippen molar-refractivity contribution in [2.24, 2.45) is 0 Å². The van der Waals surface area contributed by atoms with Gasteiger partial charge in [-0.15, -0.1) is 10.2 Å². The van der Waals surface area contributed by atoms with Crippen LogP contribution in [0.1, 0.15) is 65.5 Å². The Hall–Kier alpha value is -1.62. The minimum atomic E-state index is -0.174. The molecule has 1 fully saturated rings. The average Bonchev–Trinajstić information content (AvgIpc) is 3.31. The minimum absolute atomic E-state index is 0.166. The molecule has 0 aliphatic heterocycles. The summed E-state index contributed by atoms with van der Waals surface area (Å²) in [5, 5.41) is 9.39. The molecule has 0 N–H and O–H groups in total. The van der Waals surface area contributed by atoms with Crippen LogP contribution in [-0.2, 0) is 6.54 Å². The van der Waals surface area contributed by atoms with Crippen LogP contribution in [0.3, 0.4) is 0 Å². The zero-order valence-corrected chi connectivity index (χ0v) is 15.9. The highest BCUT2D eigenvalue weighted by Crippen LogP contribution is 2.40. The predicted molar refractivity (Wildman–Crippen MR) is 98.0 cm³/mol. The molecule has 0 bridgehead atoms. The molecule has 3 rings (SSSR count). The van der Waals surface area contributed by atoms with Crippen LogP contribution in [0.4, 0.5) is 0 Å². The van der Waals surface area contributed by atoms with Gasteiger partial charge in [-0.05, 0) is 70.2 Å². The van der Waals surface area contributed by atoms with E-state index in [0.717, 1.165) is 34.2 Å². The number of hydrogen-bond acceptors (Lipinski definition) is 4. The van der Waals surface area contributed by atoms with E-state index >= 15 is 0 Å². The molecule has 1 unspecified atom stereocenters. The van der Waals surface area contributed by atoms with Gasteiger partial charge in [0.15, 0.2) is 10.9 Å². The Morgan fingerprint density at radius 3 is 2.50 bits per heavy atom. The quantitative estimate of drug-likeness (QED) is 0.574. The smallest absolute Gasteiger partial charge is 0.191 e. The van der Waals surface area contributed by atoms with Crippen molar-refractivity contribution < 1.29 is 4.79 Å². The van der Waals surface area contributed by atoms with Gasteiger partial charge in [-0.1, -0.05) is 17.8 Å². The molecule has 0 radical (unpaired) electrons. The molecule has 1 atom stereocenters. The lowest BCUT2D eigenvalue weighted by atomic mass is 9.97. The zero-order valence-electron chi connectivity index (χ0n) is 15.1. The maximum Gasteiger partial charge on any atom is 0.191 e. The molecule has 1 aliphatic carbocycles. The van der Waals surface area contributed by atoms with Crippen molar-refractivity contribution in [3.63, 3.8) is 0 Å². The first-order valence-corrected chi connectivity index (χ1v) is 9.52. The highest BCUT2D eigenvalue weighted by molar-refractivity contribution is 8.00. The number of nitrogens with zero attached hydrogens (tertiary/aromatic N) is 3. The lowest BCUT2D eigenvalue weighted by molar-refractivity contribution is 0.0993. The summed E-state index contributed by atoms with van der Waals surface area (Å²) in [7, 11) is 0. The summed E-state index contributed by atoms with van der Waals surface area (Å²) in [5.41, 5.74) is 4.26. The van der Waals surface area contributed by atoms with E-state index in [-0.39, 0.29) is 11.0 Å². The zero-order chi connectivity index (χ0) is 17.4. The summed E-state index contributed by atoms with van der Waals surface area (Å²) < 4.78 is 2.17.